The van der Waals surface area contributed by atoms with Gasteiger partial charge in [-0.25, -0.2) is 4.79 Å². The van der Waals surface area contributed by atoms with Gasteiger partial charge in [-0.05, 0) is 63.7 Å². The molecule has 1 aromatic carbocycles. The average Bonchev–Trinajstić information content (AvgIpc) is 2.99. The molecule has 3 rings (SSSR count). The van der Waals surface area contributed by atoms with Crippen molar-refractivity contribution in [2.24, 2.45) is 5.92 Å². The Morgan fingerprint density at radius 2 is 1.62 bits per heavy atom. The maximum Gasteiger partial charge on any atom is 0.321 e. The second kappa shape index (κ2) is 11.2. The highest BCUT2D eigenvalue weighted by Gasteiger charge is 2.24. The quantitative estimate of drug-likeness (QED) is 0.767. The highest BCUT2D eigenvalue weighted by Crippen LogP contribution is 2.21. The summed E-state index contributed by atoms with van der Waals surface area (Å²) in [5.74, 6) is 0.527. The molecule has 0 spiro atoms. The van der Waals surface area contributed by atoms with Gasteiger partial charge in [0.15, 0.2) is 0 Å². The number of likely N-dealkylation sites (tertiary alicyclic amines) is 2. The van der Waals surface area contributed by atoms with E-state index in [1.165, 1.54) is 44.3 Å². The van der Waals surface area contributed by atoms with Crippen LogP contribution in [0.15, 0.2) is 24.3 Å². The number of rotatable bonds is 6. The zero-order chi connectivity index (χ0) is 20.5. The van der Waals surface area contributed by atoms with Gasteiger partial charge in [0, 0.05) is 38.3 Å². The molecule has 0 radical (unpaired) electrons. The van der Waals surface area contributed by atoms with Crippen LogP contribution in [0.1, 0.15) is 50.5 Å². The molecule has 2 fully saturated rings. The molecular formula is C23H36N4O2. The van der Waals surface area contributed by atoms with Crippen molar-refractivity contribution in [3.63, 3.8) is 0 Å². The number of nitrogens with zero attached hydrogens (tertiary/aromatic N) is 2. The molecule has 1 aromatic rings. The Balaban J connectivity index is 1.31. The van der Waals surface area contributed by atoms with Crippen LogP contribution in [0.5, 0.6) is 0 Å². The first-order valence-corrected chi connectivity index (χ1v) is 11.2. The maximum atomic E-state index is 12.4. The van der Waals surface area contributed by atoms with E-state index >= 15 is 0 Å². The molecule has 2 heterocycles. The molecule has 0 unspecified atom stereocenters. The fourth-order valence-electron chi connectivity index (χ4n) is 4.23. The van der Waals surface area contributed by atoms with E-state index in [4.69, 9.17) is 0 Å². The number of hydrogen-bond acceptors (Lipinski definition) is 3. The first-order valence-electron chi connectivity index (χ1n) is 11.2. The zero-order valence-electron chi connectivity index (χ0n) is 17.8. The SMILES string of the molecule is Cc1ccc(NC(=O)N2CCC(CC(=O)NCCN3CCCCCC3)CC2)cc1. The van der Waals surface area contributed by atoms with Gasteiger partial charge in [-0.15, -0.1) is 0 Å². The standard InChI is InChI=1S/C23H36N4O2/c1-19-6-8-21(9-7-19)25-23(29)27-15-10-20(11-16-27)18-22(28)24-12-17-26-13-4-2-3-5-14-26/h6-9,20H,2-5,10-18H2,1H3,(H,24,28)(H,25,29). The second-order valence-corrected chi connectivity index (χ2v) is 8.54. The van der Waals surface area contributed by atoms with Gasteiger partial charge in [-0.2, -0.15) is 0 Å². The van der Waals surface area contributed by atoms with E-state index in [0.29, 0.717) is 25.4 Å². The monoisotopic (exact) mass is 400 g/mol. The number of carbonyl (C=O) groups is 2. The van der Waals surface area contributed by atoms with Gasteiger partial charge in [0.2, 0.25) is 5.91 Å². The highest BCUT2D eigenvalue weighted by atomic mass is 16.2. The van der Waals surface area contributed by atoms with Crippen LogP contribution in [0.25, 0.3) is 0 Å². The number of benzene rings is 1. The van der Waals surface area contributed by atoms with Crippen molar-refractivity contribution >= 4 is 17.6 Å². The Morgan fingerprint density at radius 3 is 2.28 bits per heavy atom. The lowest BCUT2D eigenvalue weighted by Crippen LogP contribution is -2.42. The second-order valence-electron chi connectivity index (χ2n) is 8.54. The minimum absolute atomic E-state index is 0.0470. The number of amides is 3. The van der Waals surface area contributed by atoms with E-state index in [-0.39, 0.29) is 11.9 Å². The predicted molar refractivity (Wildman–Crippen MR) is 117 cm³/mol. The molecule has 0 aliphatic carbocycles. The van der Waals surface area contributed by atoms with Crippen molar-refractivity contribution in [1.82, 2.24) is 15.1 Å². The predicted octanol–water partition coefficient (Wildman–Crippen LogP) is 3.62. The number of carbonyl (C=O) groups excluding carboxylic acids is 2. The van der Waals surface area contributed by atoms with E-state index in [9.17, 15) is 9.59 Å². The molecule has 0 bridgehead atoms. The Morgan fingerprint density at radius 1 is 0.966 bits per heavy atom. The molecule has 6 nitrogen and oxygen atoms in total. The average molecular weight is 401 g/mol. The van der Waals surface area contributed by atoms with Gasteiger partial charge >= 0.3 is 6.03 Å². The van der Waals surface area contributed by atoms with Crippen LogP contribution in [0.3, 0.4) is 0 Å². The molecular weight excluding hydrogens is 364 g/mol. The van der Waals surface area contributed by atoms with E-state index in [1.807, 2.05) is 36.1 Å². The van der Waals surface area contributed by atoms with Crippen molar-refractivity contribution < 1.29 is 9.59 Å². The summed E-state index contributed by atoms with van der Waals surface area (Å²) >= 11 is 0. The molecule has 6 heteroatoms. The highest BCUT2D eigenvalue weighted by molar-refractivity contribution is 5.89. The third-order valence-corrected chi connectivity index (χ3v) is 6.13. The van der Waals surface area contributed by atoms with E-state index in [1.54, 1.807) is 0 Å². The van der Waals surface area contributed by atoms with Gasteiger partial charge in [0.05, 0.1) is 0 Å². The molecule has 0 saturated carbocycles. The van der Waals surface area contributed by atoms with Crippen LogP contribution in [0.2, 0.25) is 0 Å². The largest absolute Gasteiger partial charge is 0.355 e. The van der Waals surface area contributed by atoms with Crippen molar-refractivity contribution in [3.05, 3.63) is 29.8 Å². The van der Waals surface area contributed by atoms with Gasteiger partial charge in [0.1, 0.15) is 0 Å². The molecule has 2 aliphatic rings. The summed E-state index contributed by atoms with van der Waals surface area (Å²) in [6, 6.07) is 7.79. The van der Waals surface area contributed by atoms with Gasteiger partial charge in [-0.1, -0.05) is 30.5 Å². The van der Waals surface area contributed by atoms with E-state index < -0.39 is 0 Å². The molecule has 3 amide bonds. The lowest BCUT2D eigenvalue weighted by atomic mass is 9.93. The molecule has 160 valence electrons. The van der Waals surface area contributed by atoms with Crippen molar-refractivity contribution in [3.8, 4) is 0 Å². The summed E-state index contributed by atoms with van der Waals surface area (Å²) in [7, 11) is 0. The van der Waals surface area contributed by atoms with Crippen molar-refractivity contribution in [2.75, 3.05) is 44.6 Å². The smallest absolute Gasteiger partial charge is 0.321 e. The summed E-state index contributed by atoms with van der Waals surface area (Å²) < 4.78 is 0. The number of aryl methyl sites for hydroxylation is 1. The van der Waals surface area contributed by atoms with Crippen LogP contribution in [-0.4, -0.2) is 61.0 Å². The first-order chi connectivity index (χ1) is 14.1. The molecule has 0 aromatic heterocycles. The lowest BCUT2D eigenvalue weighted by Gasteiger charge is -2.31. The van der Waals surface area contributed by atoms with Crippen molar-refractivity contribution in [1.29, 1.82) is 0 Å². The number of anilines is 1. The van der Waals surface area contributed by atoms with Crippen LogP contribution < -0.4 is 10.6 Å². The Kier molecular flexibility index (Phi) is 8.35. The number of hydrogen-bond donors (Lipinski definition) is 2. The summed E-state index contributed by atoms with van der Waals surface area (Å²) in [4.78, 5) is 29.0. The number of urea groups is 1. The van der Waals surface area contributed by atoms with Crippen LogP contribution in [0, 0.1) is 12.8 Å². The van der Waals surface area contributed by atoms with Crippen LogP contribution >= 0.6 is 0 Å². The summed E-state index contributed by atoms with van der Waals surface area (Å²) in [5, 5.41) is 6.06. The zero-order valence-corrected chi connectivity index (χ0v) is 17.8. The molecule has 2 N–H and O–H groups in total. The van der Waals surface area contributed by atoms with Gasteiger partial charge in [-0.3, -0.25) is 4.79 Å². The maximum absolute atomic E-state index is 12.4. The van der Waals surface area contributed by atoms with Crippen LogP contribution in [0.4, 0.5) is 10.5 Å². The normalized spacial score (nSPS) is 18.9. The number of nitrogens with one attached hydrogen (secondary N) is 2. The Hall–Kier alpha value is -2.08. The fourth-order valence-corrected chi connectivity index (χ4v) is 4.23. The first kappa shape index (κ1) is 21.6. The lowest BCUT2D eigenvalue weighted by molar-refractivity contribution is -0.122. The van der Waals surface area contributed by atoms with Gasteiger partial charge < -0.3 is 20.4 Å². The van der Waals surface area contributed by atoms with E-state index in [0.717, 1.165) is 31.6 Å². The summed E-state index contributed by atoms with van der Waals surface area (Å²) in [5.41, 5.74) is 2.00. The third kappa shape index (κ3) is 7.35. The fraction of sp³-hybridized carbons (Fsp3) is 0.652. The summed E-state index contributed by atoms with van der Waals surface area (Å²) in [6.45, 7) is 7.49. The van der Waals surface area contributed by atoms with Crippen LogP contribution in [-0.2, 0) is 4.79 Å². The van der Waals surface area contributed by atoms with Gasteiger partial charge in [0.25, 0.3) is 0 Å². The topological polar surface area (TPSA) is 64.7 Å². The number of piperidine rings is 1. The molecule has 29 heavy (non-hydrogen) atoms. The molecule has 0 atom stereocenters. The summed E-state index contributed by atoms with van der Waals surface area (Å²) in [6.07, 6.45) is 7.60. The molecule has 2 aliphatic heterocycles. The Labute approximate surface area is 175 Å². The minimum Gasteiger partial charge on any atom is -0.355 e. The van der Waals surface area contributed by atoms with E-state index in [2.05, 4.69) is 15.5 Å². The third-order valence-electron chi connectivity index (χ3n) is 6.13. The van der Waals surface area contributed by atoms with Crippen molar-refractivity contribution in [2.45, 2.75) is 51.9 Å². The molecule has 2 saturated heterocycles. The minimum atomic E-state index is -0.0470. The Bertz CT molecular complexity index is 645.